The summed E-state index contributed by atoms with van der Waals surface area (Å²) >= 11 is 0. The number of nitrogens with zero attached hydrogens (tertiary/aromatic N) is 2. The Morgan fingerprint density at radius 2 is 2.29 bits per heavy atom. The van der Waals surface area contributed by atoms with Gasteiger partial charge in [0.1, 0.15) is 5.82 Å². The molecule has 0 amide bonds. The molecule has 0 aromatic carbocycles. The molecule has 0 spiro atoms. The highest BCUT2D eigenvalue weighted by atomic mass is 16.4. The number of aromatic nitrogens is 3. The Morgan fingerprint density at radius 3 is 2.88 bits per heavy atom. The zero-order valence-corrected chi connectivity index (χ0v) is 9.05. The van der Waals surface area contributed by atoms with Crippen LogP contribution in [-0.2, 0) is 0 Å². The summed E-state index contributed by atoms with van der Waals surface area (Å²) in [6.45, 7) is 0. The highest BCUT2D eigenvalue weighted by Crippen LogP contribution is 2.41. The van der Waals surface area contributed by atoms with Crippen molar-refractivity contribution in [2.24, 2.45) is 0 Å². The molecule has 5 nitrogen and oxygen atoms in total. The Bertz CT molecular complexity index is 558. The van der Waals surface area contributed by atoms with Gasteiger partial charge in [0.15, 0.2) is 5.69 Å². The molecule has 1 aliphatic carbocycles. The second-order valence-electron chi connectivity index (χ2n) is 4.17. The lowest BCUT2D eigenvalue weighted by molar-refractivity contribution is 0.0690. The molecule has 1 aliphatic rings. The zero-order chi connectivity index (χ0) is 11.8. The number of imidazole rings is 1. The predicted molar refractivity (Wildman–Crippen MR) is 60.8 cm³/mol. The molecular weight excluding hydrogens is 218 g/mol. The van der Waals surface area contributed by atoms with Gasteiger partial charge in [-0.05, 0) is 25.0 Å². The average molecular weight is 229 g/mol. The highest BCUT2D eigenvalue weighted by Gasteiger charge is 2.31. The van der Waals surface area contributed by atoms with Crippen molar-refractivity contribution in [2.45, 2.75) is 18.8 Å². The molecule has 0 atom stereocenters. The maximum absolute atomic E-state index is 11.1. The number of carbonyl (C=O) groups is 1. The second-order valence-corrected chi connectivity index (χ2v) is 4.17. The summed E-state index contributed by atoms with van der Waals surface area (Å²) in [5, 5.41) is 9.10. The third kappa shape index (κ3) is 1.80. The van der Waals surface area contributed by atoms with Gasteiger partial charge in [-0.3, -0.25) is 4.98 Å². The fourth-order valence-electron chi connectivity index (χ4n) is 1.86. The number of hydrogen-bond acceptors (Lipinski definition) is 3. The van der Waals surface area contributed by atoms with Gasteiger partial charge in [-0.25, -0.2) is 9.78 Å². The SMILES string of the molecule is O=C(O)c1nc(-c2cccnc2)[nH]c1C1CC1. The third-order valence-corrected chi connectivity index (χ3v) is 2.85. The minimum absolute atomic E-state index is 0.145. The average Bonchev–Trinajstić information content (AvgIpc) is 3.09. The van der Waals surface area contributed by atoms with Crippen molar-refractivity contribution in [3.8, 4) is 11.4 Å². The first-order valence-electron chi connectivity index (χ1n) is 5.49. The first-order valence-corrected chi connectivity index (χ1v) is 5.49. The van der Waals surface area contributed by atoms with E-state index in [1.54, 1.807) is 18.5 Å². The fraction of sp³-hybridized carbons (Fsp3) is 0.250. The van der Waals surface area contributed by atoms with E-state index in [0.29, 0.717) is 11.7 Å². The van der Waals surface area contributed by atoms with E-state index in [4.69, 9.17) is 5.11 Å². The van der Waals surface area contributed by atoms with Crippen LogP contribution in [0.1, 0.15) is 34.9 Å². The van der Waals surface area contributed by atoms with Gasteiger partial charge in [0.25, 0.3) is 0 Å². The van der Waals surface area contributed by atoms with E-state index in [0.717, 1.165) is 24.1 Å². The smallest absolute Gasteiger partial charge is 0.356 e. The quantitative estimate of drug-likeness (QED) is 0.844. The lowest BCUT2D eigenvalue weighted by Gasteiger charge is -1.94. The molecule has 2 aromatic rings. The van der Waals surface area contributed by atoms with Gasteiger partial charge in [-0.2, -0.15) is 0 Å². The summed E-state index contributed by atoms with van der Waals surface area (Å²) in [5.41, 5.74) is 1.70. The summed E-state index contributed by atoms with van der Waals surface area (Å²) in [5.74, 6) is -0.0605. The summed E-state index contributed by atoms with van der Waals surface area (Å²) in [6, 6.07) is 3.66. The number of rotatable bonds is 3. The Morgan fingerprint density at radius 1 is 1.47 bits per heavy atom. The molecule has 1 saturated carbocycles. The molecule has 0 aliphatic heterocycles. The third-order valence-electron chi connectivity index (χ3n) is 2.85. The topological polar surface area (TPSA) is 78.9 Å². The Balaban J connectivity index is 2.07. The Labute approximate surface area is 97.5 Å². The van der Waals surface area contributed by atoms with Crippen LogP contribution in [-0.4, -0.2) is 26.0 Å². The van der Waals surface area contributed by atoms with Gasteiger partial charge < -0.3 is 10.1 Å². The zero-order valence-electron chi connectivity index (χ0n) is 9.05. The lowest BCUT2D eigenvalue weighted by atomic mass is 10.2. The summed E-state index contributed by atoms with van der Waals surface area (Å²) in [7, 11) is 0. The summed E-state index contributed by atoms with van der Waals surface area (Å²) in [6.07, 6.45) is 5.41. The molecule has 86 valence electrons. The van der Waals surface area contributed by atoms with Crippen LogP contribution in [0.4, 0.5) is 0 Å². The normalized spacial score (nSPS) is 14.8. The molecule has 17 heavy (non-hydrogen) atoms. The van der Waals surface area contributed by atoms with E-state index in [9.17, 15) is 4.79 Å². The number of carboxylic acid groups (broad SMARTS) is 1. The van der Waals surface area contributed by atoms with E-state index >= 15 is 0 Å². The number of H-pyrrole nitrogens is 1. The molecule has 3 rings (SSSR count). The van der Waals surface area contributed by atoms with E-state index in [-0.39, 0.29) is 5.69 Å². The molecular formula is C12H11N3O2. The number of nitrogens with one attached hydrogen (secondary N) is 1. The van der Waals surface area contributed by atoms with Crippen LogP contribution in [0, 0.1) is 0 Å². The molecule has 2 N–H and O–H groups in total. The van der Waals surface area contributed by atoms with Gasteiger partial charge in [-0.15, -0.1) is 0 Å². The van der Waals surface area contributed by atoms with E-state index < -0.39 is 5.97 Å². The minimum Gasteiger partial charge on any atom is -0.476 e. The van der Waals surface area contributed by atoms with Gasteiger partial charge in [0.05, 0.1) is 5.69 Å². The number of hydrogen-bond donors (Lipinski definition) is 2. The van der Waals surface area contributed by atoms with Crippen molar-refractivity contribution >= 4 is 5.97 Å². The van der Waals surface area contributed by atoms with Crippen molar-refractivity contribution < 1.29 is 9.90 Å². The molecule has 0 saturated heterocycles. The first-order chi connectivity index (χ1) is 8.25. The van der Waals surface area contributed by atoms with Gasteiger partial charge in [-0.1, -0.05) is 0 Å². The van der Waals surface area contributed by atoms with Gasteiger partial charge >= 0.3 is 5.97 Å². The lowest BCUT2D eigenvalue weighted by Crippen LogP contribution is -2.00. The number of aromatic amines is 1. The van der Waals surface area contributed by atoms with Crippen molar-refractivity contribution in [3.63, 3.8) is 0 Å². The number of carboxylic acids is 1. The molecule has 5 heteroatoms. The fourth-order valence-corrected chi connectivity index (χ4v) is 1.86. The summed E-state index contributed by atoms with van der Waals surface area (Å²) in [4.78, 5) is 22.4. The molecule has 2 aromatic heterocycles. The molecule has 0 bridgehead atoms. The summed E-state index contributed by atoms with van der Waals surface area (Å²) < 4.78 is 0. The van der Waals surface area contributed by atoms with Crippen molar-refractivity contribution in [1.82, 2.24) is 15.0 Å². The maximum Gasteiger partial charge on any atom is 0.356 e. The van der Waals surface area contributed by atoms with Crippen molar-refractivity contribution in [1.29, 1.82) is 0 Å². The van der Waals surface area contributed by atoms with Crippen LogP contribution >= 0.6 is 0 Å². The first kappa shape index (κ1) is 10.0. The minimum atomic E-state index is -0.974. The number of aromatic carboxylic acids is 1. The van der Waals surface area contributed by atoms with Crippen LogP contribution in [0.15, 0.2) is 24.5 Å². The van der Waals surface area contributed by atoms with E-state index in [2.05, 4.69) is 15.0 Å². The Hall–Kier alpha value is -2.17. The van der Waals surface area contributed by atoms with Crippen molar-refractivity contribution in [3.05, 3.63) is 35.9 Å². The van der Waals surface area contributed by atoms with E-state index in [1.807, 2.05) is 6.07 Å². The van der Waals surface area contributed by atoms with Crippen LogP contribution in [0.5, 0.6) is 0 Å². The molecule has 0 radical (unpaired) electrons. The molecule has 0 unspecified atom stereocenters. The van der Waals surface area contributed by atoms with Gasteiger partial charge in [0.2, 0.25) is 0 Å². The van der Waals surface area contributed by atoms with Crippen LogP contribution in [0.2, 0.25) is 0 Å². The molecule has 2 heterocycles. The maximum atomic E-state index is 11.1. The highest BCUT2D eigenvalue weighted by molar-refractivity contribution is 5.88. The van der Waals surface area contributed by atoms with Crippen LogP contribution in [0.3, 0.4) is 0 Å². The van der Waals surface area contributed by atoms with Gasteiger partial charge in [0, 0.05) is 23.9 Å². The predicted octanol–water partition coefficient (Wildman–Crippen LogP) is 2.05. The van der Waals surface area contributed by atoms with Crippen molar-refractivity contribution in [2.75, 3.05) is 0 Å². The monoisotopic (exact) mass is 229 g/mol. The largest absolute Gasteiger partial charge is 0.476 e. The van der Waals surface area contributed by atoms with Crippen LogP contribution < -0.4 is 0 Å². The van der Waals surface area contributed by atoms with Crippen LogP contribution in [0.25, 0.3) is 11.4 Å². The van der Waals surface area contributed by atoms with E-state index in [1.165, 1.54) is 0 Å². The standard InChI is InChI=1S/C12H11N3O2/c16-12(17)10-9(7-3-4-7)14-11(15-10)8-2-1-5-13-6-8/h1-2,5-7H,3-4H2,(H,14,15)(H,16,17). The Kier molecular flexibility index (Phi) is 2.18. The number of pyridine rings is 1. The molecule has 1 fully saturated rings. The second kappa shape index (κ2) is 3.69.